The SMILES string of the molecule is CC(C)CC(=O)N1CCC(NC(=O)NCc2ncc(C(C)(C)C)o2)CC1. The number of hydrogen-bond donors (Lipinski definition) is 2. The number of carbonyl (C=O) groups excluding carboxylic acids is 2. The first kappa shape index (κ1) is 20.3. The van der Waals surface area contributed by atoms with E-state index in [4.69, 9.17) is 4.42 Å². The monoisotopic (exact) mass is 364 g/mol. The lowest BCUT2D eigenvalue weighted by Gasteiger charge is -2.32. The fourth-order valence-corrected chi connectivity index (χ4v) is 2.88. The summed E-state index contributed by atoms with van der Waals surface area (Å²) < 4.78 is 5.66. The van der Waals surface area contributed by atoms with Gasteiger partial charge in [0, 0.05) is 31.0 Å². The molecule has 0 bridgehead atoms. The fourth-order valence-electron chi connectivity index (χ4n) is 2.88. The quantitative estimate of drug-likeness (QED) is 0.841. The van der Waals surface area contributed by atoms with Crippen LogP contribution in [0.4, 0.5) is 4.79 Å². The summed E-state index contributed by atoms with van der Waals surface area (Å²) in [6, 6.07) is -0.139. The van der Waals surface area contributed by atoms with Gasteiger partial charge in [-0.05, 0) is 18.8 Å². The van der Waals surface area contributed by atoms with Gasteiger partial charge in [0.25, 0.3) is 0 Å². The summed E-state index contributed by atoms with van der Waals surface area (Å²) in [5.41, 5.74) is -0.103. The van der Waals surface area contributed by atoms with E-state index in [1.54, 1.807) is 6.20 Å². The van der Waals surface area contributed by atoms with E-state index in [1.165, 1.54) is 0 Å². The molecule has 26 heavy (non-hydrogen) atoms. The van der Waals surface area contributed by atoms with Crippen LogP contribution in [0, 0.1) is 5.92 Å². The maximum atomic E-state index is 12.1. The molecule has 1 aliphatic rings. The Morgan fingerprint density at radius 2 is 1.96 bits per heavy atom. The fraction of sp³-hybridized carbons (Fsp3) is 0.737. The molecule has 1 saturated heterocycles. The summed E-state index contributed by atoms with van der Waals surface area (Å²) in [6.45, 7) is 11.9. The Hall–Kier alpha value is -2.05. The third kappa shape index (κ3) is 6.04. The number of urea groups is 1. The lowest BCUT2D eigenvalue weighted by molar-refractivity contribution is -0.133. The van der Waals surface area contributed by atoms with Crippen molar-refractivity contribution in [3.8, 4) is 0 Å². The normalized spacial score (nSPS) is 16.0. The van der Waals surface area contributed by atoms with Crippen LogP contribution in [0.5, 0.6) is 0 Å². The van der Waals surface area contributed by atoms with Crippen molar-refractivity contribution in [1.82, 2.24) is 20.5 Å². The third-order valence-electron chi connectivity index (χ3n) is 4.46. The molecule has 0 radical (unpaired) electrons. The topological polar surface area (TPSA) is 87.5 Å². The number of nitrogens with one attached hydrogen (secondary N) is 2. The molecule has 2 rings (SSSR count). The van der Waals surface area contributed by atoms with Crippen LogP contribution in [0.1, 0.15) is 65.5 Å². The van der Waals surface area contributed by atoms with Crippen molar-refractivity contribution in [3.05, 3.63) is 17.8 Å². The van der Waals surface area contributed by atoms with Gasteiger partial charge in [0.05, 0.1) is 12.7 Å². The number of likely N-dealkylation sites (tertiary alicyclic amines) is 1. The first-order valence-corrected chi connectivity index (χ1v) is 9.42. The number of aromatic nitrogens is 1. The second kappa shape index (κ2) is 8.56. The molecular formula is C19H32N4O3. The molecule has 146 valence electrons. The molecule has 7 nitrogen and oxygen atoms in total. The van der Waals surface area contributed by atoms with Gasteiger partial charge in [0.15, 0.2) is 0 Å². The van der Waals surface area contributed by atoms with Crippen LogP contribution >= 0.6 is 0 Å². The predicted octanol–water partition coefficient (Wildman–Crippen LogP) is 2.81. The summed E-state index contributed by atoms with van der Waals surface area (Å²) in [4.78, 5) is 30.3. The molecule has 1 aromatic heterocycles. The van der Waals surface area contributed by atoms with Crippen LogP contribution in [0.3, 0.4) is 0 Å². The minimum absolute atomic E-state index is 0.0906. The average Bonchev–Trinajstić information content (AvgIpc) is 3.02. The Kier molecular flexibility index (Phi) is 6.67. The van der Waals surface area contributed by atoms with Crippen LogP contribution in [0.15, 0.2) is 10.6 Å². The lowest BCUT2D eigenvalue weighted by atomic mass is 9.94. The first-order valence-electron chi connectivity index (χ1n) is 9.42. The van der Waals surface area contributed by atoms with Crippen LogP contribution in [0.25, 0.3) is 0 Å². The van der Waals surface area contributed by atoms with Crippen molar-refractivity contribution in [2.24, 2.45) is 5.92 Å². The van der Waals surface area contributed by atoms with Crippen LogP contribution in [-0.4, -0.2) is 41.0 Å². The molecule has 0 atom stereocenters. The zero-order chi connectivity index (χ0) is 19.3. The highest BCUT2D eigenvalue weighted by atomic mass is 16.4. The number of nitrogens with zero attached hydrogens (tertiary/aromatic N) is 2. The molecule has 2 heterocycles. The zero-order valence-electron chi connectivity index (χ0n) is 16.6. The van der Waals surface area contributed by atoms with Crippen molar-refractivity contribution in [2.75, 3.05) is 13.1 Å². The Balaban J connectivity index is 1.71. The number of oxazole rings is 1. The third-order valence-corrected chi connectivity index (χ3v) is 4.46. The van der Waals surface area contributed by atoms with Gasteiger partial charge in [-0.1, -0.05) is 34.6 Å². The Labute approximate surface area is 155 Å². The smallest absolute Gasteiger partial charge is 0.315 e. The molecule has 1 fully saturated rings. The highest BCUT2D eigenvalue weighted by molar-refractivity contribution is 5.76. The second-order valence-electron chi connectivity index (χ2n) is 8.45. The Bertz CT molecular complexity index is 611. The van der Waals surface area contributed by atoms with E-state index in [0.717, 1.165) is 18.6 Å². The van der Waals surface area contributed by atoms with Crippen molar-refractivity contribution in [2.45, 2.75) is 71.9 Å². The van der Waals surface area contributed by atoms with Gasteiger partial charge in [-0.2, -0.15) is 0 Å². The number of rotatable bonds is 5. The van der Waals surface area contributed by atoms with Gasteiger partial charge in [-0.3, -0.25) is 4.79 Å². The number of piperidine rings is 1. The minimum atomic E-state index is -0.229. The van der Waals surface area contributed by atoms with Crippen molar-refractivity contribution >= 4 is 11.9 Å². The van der Waals surface area contributed by atoms with E-state index >= 15 is 0 Å². The average molecular weight is 364 g/mol. The molecule has 2 N–H and O–H groups in total. The summed E-state index contributed by atoms with van der Waals surface area (Å²) in [6.07, 6.45) is 3.86. The summed E-state index contributed by atoms with van der Waals surface area (Å²) in [5.74, 6) is 1.88. The van der Waals surface area contributed by atoms with E-state index in [0.29, 0.717) is 31.3 Å². The molecule has 0 aromatic carbocycles. The highest BCUT2D eigenvalue weighted by Gasteiger charge is 2.24. The lowest BCUT2D eigenvalue weighted by Crippen LogP contribution is -2.49. The maximum Gasteiger partial charge on any atom is 0.315 e. The van der Waals surface area contributed by atoms with Crippen LogP contribution in [0.2, 0.25) is 0 Å². The van der Waals surface area contributed by atoms with Gasteiger partial charge in [0.1, 0.15) is 5.76 Å². The molecule has 1 aromatic rings. The molecule has 0 spiro atoms. The van der Waals surface area contributed by atoms with E-state index in [2.05, 4.69) is 50.2 Å². The number of carbonyl (C=O) groups is 2. The predicted molar refractivity (Wildman–Crippen MR) is 99.6 cm³/mol. The van der Waals surface area contributed by atoms with Crippen molar-refractivity contribution < 1.29 is 14.0 Å². The summed E-state index contributed by atoms with van der Waals surface area (Å²) in [5, 5.41) is 5.75. The summed E-state index contributed by atoms with van der Waals surface area (Å²) >= 11 is 0. The molecule has 3 amide bonds. The molecule has 0 aliphatic carbocycles. The highest BCUT2D eigenvalue weighted by Crippen LogP contribution is 2.22. The number of amides is 3. The molecule has 1 aliphatic heterocycles. The van der Waals surface area contributed by atoms with Crippen molar-refractivity contribution in [1.29, 1.82) is 0 Å². The van der Waals surface area contributed by atoms with Crippen LogP contribution < -0.4 is 10.6 Å². The minimum Gasteiger partial charge on any atom is -0.443 e. The van der Waals surface area contributed by atoms with E-state index in [-0.39, 0.29) is 29.9 Å². The largest absolute Gasteiger partial charge is 0.443 e. The van der Waals surface area contributed by atoms with Gasteiger partial charge in [-0.25, -0.2) is 9.78 Å². The first-order chi connectivity index (χ1) is 12.1. The molecule has 7 heteroatoms. The van der Waals surface area contributed by atoms with Gasteiger partial charge in [-0.15, -0.1) is 0 Å². The van der Waals surface area contributed by atoms with Gasteiger partial charge in [0.2, 0.25) is 11.8 Å². The number of hydrogen-bond acceptors (Lipinski definition) is 4. The van der Waals surface area contributed by atoms with E-state index in [1.807, 2.05) is 4.90 Å². The zero-order valence-corrected chi connectivity index (χ0v) is 16.6. The molecule has 0 unspecified atom stereocenters. The van der Waals surface area contributed by atoms with Crippen LogP contribution in [-0.2, 0) is 16.8 Å². The Morgan fingerprint density at radius 3 is 2.50 bits per heavy atom. The maximum absolute atomic E-state index is 12.1. The molecule has 0 saturated carbocycles. The molecular weight excluding hydrogens is 332 g/mol. The Morgan fingerprint density at radius 1 is 1.31 bits per heavy atom. The van der Waals surface area contributed by atoms with Crippen molar-refractivity contribution in [3.63, 3.8) is 0 Å². The second-order valence-corrected chi connectivity index (χ2v) is 8.45. The van der Waals surface area contributed by atoms with E-state index in [9.17, 15) is 9.59 Å². The van der Waals surface area contributed by atoms with E-state index < -0.39 is 0 Å². The summed E-state index contributed by atoms with van der Waals surface area (Å²) in [7, 11) is 0. The standard InChI is InChI=1S/C19H32N4O3/c1-13(2)10-17(24)23-8-6-14(7-9-23)22-18(25)21-12-16-20-11-15(26-16)19(3,4)5/h11,13-14H,6-10,12H2,1-5H3,(H2,21,22,25). The van der Waals surface area contributed by atoms with Gasteiger partial charge >= 0.3 is 6.03 Å². The van der Waals surface area contributed by atoms with Gasteiger partial charge < -0.3 is 20.0 Å².